The molecule has 10 aromatic rings. The Kier molecular flexibility index (Phi) is 7.55. The Labute approximate surface area is 332 Å². The maximum atomic E-state index is 5.36. The van der Waals surface area contributed by atoms with E-state index in [1.54, 1.807) is 0 Å². The van der Waals surface area contributed by atoms with Gasteiger partial charge in [0.05, 0.1) is 11.4 Å². The summed E-state index contributed by atoms with van der Waals surface area (Å²) in [5.74, 6) is 0.704. The minimum atomic E-state index is -0.188. The Balaban J connectivity index is 1.10. The number of aromatic nitrogens is 2. The highest BCUT2D eigenvalue weighted by Crippen LogP contribution is 2.55. The lowest BCUT2D eigenvalue weighted by Gasteiger charge is -2.26. The summed E-state index contributed by atoms with van der Waals surface area (Å²) < 4.78 is 0. The normalized spacial score (nSPS) is 12.9. The van der Waals surface area contributed by atoms with E-state index in [0.29, 0.717) is 5.82 Å². The predicted octanol–water partition coefficient (Wildman–Crippen LogP) is 14.6. The van der Waals surface area contributed by atoms with Crippen molar-refractivity contribution in [3.8, 4) is 67.3 Å². The fourth-order valence-corrected chi connectivity index (χ4v) is 9.47. The van der Waals surface area contributed by atoms with E-state index in [2.05, 4.69) is 208 Å². The van der Waals surface area contributed by atoms with Crippen molar-refractivity contribution < 1.29 is 0 Å². The zero-order chi connectivity index (χ0) is 38.1. The van der Waals surface area contributed by atoms with Gasteiger partial charge in [-0.05, 0) is 82.9 Å². The molecule has 0 radical (unpaired) electrons. The van der Waals surface area contributed by atoms with Crippen LogP contribution in [0.3, 0.4) is 0 Å². The summed E-state index contributed by atoms with van der Waals surface area (Å²) in [5, 5.41) is 7.35. The number of nitrogens with zero attached hydrogens (tertiary/aromatic N) is 2. The Morgan fingerprint density at radius 1 is 0.316 bits per heavy atom. The lowest BCUT2D eigenvalue weighted by atomic mass is 9.77. The lowest BCUT2D eigenvalue weighted by molar-refractivity contribution is 0.668. The van der Waals surface area contributed by atoms with Crippen molar-refractivity contribution in [2.24, 2.45) is 0 Å². The molecule has 0 aliphatic heterocycles. The smallest absolute Gasteiger partial charge is 0.160 e. The molecule has 1 aliphatic carbocycles. The standard InChI is InChI=1S/C55H38N2/c1-55(2)52-41-20-9-7-17-38(41)30-31-49(52)48-25-13-24-47(53(48)55)44-32-33-46(43-22-11-10-21-42(43)44)51-34-50(45-23-12-18-37-16-6-8-19-40(37)45)56-54(57-51)39-28-26-36(27-29-39)35-14-4-3-5-15-35/h3-34H,1-2H3. The van der Waals surface area contributed by atoms with Gasteiger partial charge in [-0.15, -0.1) is 0 Å². The van der Waals surface area contributed by atoms with Crippen molar-refractivity contribution in [3.05, 3.63) is 205 Å². The minimum absolute atomic E-state index is 0.188. The largest absolute Gasteiger partial charge is 0.228 e. The summed E-state index contributed by atoms with van der Waals surface area (Å²) in [6.07, 6.45) is 0. The first kappa shape index (κ1) is 33.2. The highest BCUT2D eigenvalue weighted by Gasteiger charge is 2.39. The fraction of sp³-hybridized carbons (Fsp3) is 0.0545. The molecule has 57 heavy (non-hydrogen) atoms. The number of benzene rings is 9. The molecule has 0 spiro atoms. The third-order valence-corrected chi connectivity index (χ3v) is 12.1. The van der Waals surface area contributed by atoms with E-state index in [1.165, 1.54) is 76.8 Å². The third-order valence-electron chi connectivity index (χ3n) is 12.1. The van der Waals surface area contributed by atoms with Crippen LogP contribution < -0.4 is 0 Å². The van der Waals surface area contributed by atoms with Crippen molar-refractivity contribution in [1.82, 2.24) is 9.97 Å². The van der Waals surface area contributed by atoms with Crippen LogP contribution >= 0.6 is 0 Å². The molecule has 1 aliphatic rings. The minimum Gasteiger partial charge on any atom is -0.228 e. The molecule has 0 saturated heterocycles. The molecule has 11 rings (SSSR count). The van der Waals surface area contributed by atoms with Crippen LogP contribution in [0.2, 0.25) is 0 Å². The van der Waals surface area contributed by atoms with Gasteiger partial charge in [-0.2, -0.15) is 0 Å². The summed E-state index contributed by atoms with van der Waals surface area (Å²) in [6, 6.07) is 70.0. The van der Waals surface area contributed by atoms with Gasteiger partial charge >= 0.3 is 0 Å². The molecular formula is C55H38N2. The van der Waals surface area contributed by atoms with Gasteiger partial charge in [-0.25, -0.2) is 9.97 Å². The van der Waals surface area contributed by atoms with Crippen LogP contribution in [0, 0.1) is 0 Å². The zero-order valence-electron chi connectivity index (χ0n) is 31.9. The van der Waals surface area contributed by atoms with E-state index in [0.717, 1.165) is 28.1 Å². The first-order chi connectivity index (χ1) is 28.0. The Hall–Kier alpha value is -7.16. The Morgan fingerprint density at radius 2 is 0.772 bits per heavy atom. The molecule has 9 aromatic carbocycles. The van der Waals surface area contributed by atoms with Crippen molar-refractivity contribution in [2.75, 3.05) is 0 Å². The van der Waals surface area contributed by atoms with E-state index < -0.39 is 0 Å². The Morgan fingerprint density at radius 3 is 1.51 bits per heavy atom. The first-order valence-corrected chi connectivity index (χ1v) is 19.7. The molecule has 0 saturated carbocycles. The van der Waals surface area contributed by atoms with Crippen LogP contribution in [0.1, 0.15) is 25.0 Å². The second kappa shape index (κ2) is 13.0. The van der Waals surface area contributed by atoms with E-state index in [4.69, 9.17) is 9.97 Å². The van der Waals surface area contributed by atoms with Crippen LogP contribution in [0.25, 0.3) is 99.6 Å². The van der Waals surface area contributed by atoms with Gasteiger partial charge in [0.15, 0.2) is 5.82 Å². The van der Waals surface area contributed by atoms with Gasteiger partial charge in [-0.3, -0.25) is 0 Å². The molecule has 0 N–H and O–H groups in total. The van der Waals surface area contributed by atoms with Crippen molar-refractivity contribution in [2.45, 2.75) is 19.3 Å². The highest BCUT2D eigenvalue weighted by molar-refractivity contribution is 6.08. The van der Waals surface area contributed by atoms with Gasteiger partial charge in [0.2, 0.25) is 0 Å². The number of hydrogen-bond acceptors (Lipinski definition) is 2. The van der Waals surface area contributed by atoms with Crippen molar-refractivity contribution in [3.63, 3.8) is 0 Å². The molecular weight excluding hydrogens is 689 g/mol. The van der Waals surface area contributed by atoms with Gasteiger partial charge in [0.25, 0.3) is 0 Å². The van der Waals surface area contributed by atoms with Crippen LogP contribution in [0.5, 0.6) is 0 Å². The maximum Gasteiger partial charge on any atom is 0.160 e. The molecule has 268 valence electrons. The van der Waals surface area contributed by atoms with Crippen LogP contribution in [0.15, 0.2) is 194 Å². The van der Waals surface area contributed by atoms with Gasteiger partial charge in [-0.1, -0.05) is 202 Å². The lowest BCUT2D eigenvalue weighted by Crippen LogP contribution is -2.17. The van der Waals surface area contributed by atoms with E-state index in [-0.39, 0.29) is 5.41 Å². The van der Waals surface area contributed by atoms with E-state index in [1.807, 2.05) is 0 Å². The molecule has 2 heteroatoms. The van der Waals surface area contributed by atoms with E-state index in [9.17, 15) is 0 Å². The monoisotopic (exact) mass is 726 g/mol. The van der Waals surface area contributed by atoms with Gasteiger partial charge < -0.3 is 0 Å². The van der Waals surface area contributed by atoms with Gasteiger partial charge in [0.1, 0.15) is 0 Å². The molecule has 0 unspecified atom stereocenters. The molecule has 1 aromatic heterocycles. The molecule has 0 fully saturated rings. The summed E-state index contributed by atoms with van der Waals surface area (Å²) in [5.41, 5.74) is 15.1. The number of fused-ring (bicyclic) bond motifs is 7. The quantitative estimate of drug-likeness (QED) is 0.176. The highest BCUT2D eigenvalue weighted by atomic mass is 14.9. The summed E-state index contributed by atoms with van der Waals surface area (Å²) in [7, 11) is 0. The maximum absolute atomic E-state index is 5.36. The summed E-state index contributed by atoms with van der Waals surface area (Å²) >= 11 is 0. The number of rotatable bonds is 5. The zero-order valence-corrected chi connectivity index (χ0v) is 31.9. The SMILES string of the molecule is CC1(C)c2c(cccc2-c2ccc(-c3cc(-c4cccc5ccccc45)nc(-c4ccc(-c5ccccc5)cc4)n3)c3ccccc23)-c2ccc3ccccc3c21. The molecule has 1 heterocycles. The second-order valence-corrected chi connectivity index (χ2v) is 15.7. The third kappa shape index (κ3) is 5.33. The van der Waals surface area contributed by atoms with Gasteiger partial charge in [0, 0.05) is 22.1 Å². The van der Waals surface area contributed by atoms with Crippen LogP contribution in [0.4, 0.5) is 0 Å². The molecule has 0 bridgehead atoms. The first-order valence-electron chi connectivity index (χ1n) is 19.7. The van der Waals surface area contributed by atoms with Crippen molar-refractivity contribution >= 4 is 32.3 Å². The molecule has 2 nitrogen and oxygen atoms in total. The summed E-state index contributed by atoms with van der Waals surface area (Å²) in [6.45, 7) is 4.79. The van der Waals surface area contributed by atoms with Crippen LogP contribution in [-0.4, -0.2) is 9.97 Å². The molecule has 0 atom stereocenters. The van der Waals surface area contributed by atoms with Crippen LogP contribution in [-0.2, 0) is 5.41 Å². The van der Waals surface area contributed by atoms with Crippen molar-refractivity contribution in [1.29, 1.82) is 0 Å². The summed E-state index contributed by atoms with van der Waals surface area (Å²) in [4.78, 5) is 10.6. The average molecular weight is 727 g/mol. The second-order valence-electron chi connectivity index (χ2n) is 15.7. The fourth-order valence-electron chi connectivity index (χ4n) is 9.47. The number of hydrogen-bond donors (Lipinski definition) is 0. The predicted molar refractivity (Wildman–Crippen MR) is 239 cm³/mol. The van der Waals surface area contributed by atoms with E-state index >= 15 is 0 Å². The molecule has 0 amide bonds. The topological polar surface area (TPSA) is 25.8 Å². The average Bonchev–Trinajstić information content (AvgIpc) is 3.52. The Bertz CT molecular complexity index is 3190.